The predicted molar refractivity (Wildman–Crippen MR) is 83.6 cm³/mol. The number of hydrogen-bond donors (Lipinski definition) is 0. The van der Waals surface area contributed by atoms with Crippen molar-refractivity contribution in [1.29, 1.82) is 0 Å². The third-order valence-electron chi connectivity index (χ3n) is 4.90. The fourth-order valence-electron chi connectivity index (χ4n) is 3.51. The average molecular weight is 322 g/mol. The molecule has 0 bridgehead atoms. The van der Waals surface area contributed by atoms with Crippen molar-refractivity contribution in [2.24, 2.45) is 5.92 Å². The van der Waals surface area contributed by atoms with Crippen LogP contribution in [0.5, 0.6) is 0 Å². The Bertz CT molecular complexity index is 531. The number of likely N-dealkylation sites (tertiary alicyclic amines) is 1. The van der Waals surface area contributed by atoms with Crippen LogP contribution in [0.25, 0.3) is 0 Å². The summed E-state index contributed by atoms with van der Waals surface area (Å²) in [6, 6.07) is 0. The zero-order chi connectivity index (χ0) is 16.3. The van der Waals surface area contributed by atoms with E-state index in [-0.39, 0.29) is 5.91 Å². The van der Waals surface area contributed by atoms with Crippen molar-refractivity contribution in [3.63, 3.8) is 0 Å². The van der Waals surface area contributed by atoms with Crippen LogP contribution >= 0.6 is 0 Å². The molecule has 2 saturated heterocycles. The molecule has 2 fully saturated rings. The van der Waals surface area contributed by atoms with Crippen molar-refractivity contribution in [2.45, 2.75) is 51.4 Å². The van der Waals surface area contributed by atoms with Gasteiger partial charge in [-0.05, 0) is 38.5 Å². The van der Waals surface area contributed by atoms with Crippen molar-refractivity contribution < 1.29 is 14.3 Å². The van der Waals surface area contributed by atoms with E-state index in [1.807, 2.05) is 22.7 Å². The molecule has 1 atom stereocenters. The molecule has 7 nitrogen and oxygen atoms in total. The molecule has 128 valence electrons. The summed E-state index contributed by atoms with van der Waals surface area (Å²) in [5, 5.41) is 8.23. The van der Waals surface area contributed by atoms with E-state index >= 15 is 0 Å². The molecule has 1 unspecified atom stereocenters. The molecule has 2 aliphatic rings. The molecule has 1 amide bonds. The fourth-order valence-corrected chi connectivity index (χ4v) is 3.51. The molecule has 2 aliphatic heterocycles. The number of aromatic nitrogens is 3. The summed E-state index contributed by atoms with van der Waals surface area (Å²) in [6.45, 7) is 5.60. The molecule has 0 spiro atoms. The Kier molecular flexibility index (Phi) is 4.96. The third-order valence-corrected chi connectivity index (χ3v) is 4.90. The summed E-state index contributed by atoms with van der Waals surface area (Å²) in [7, 11) is 1.65. The lowest BCUT2D eigenvalue weighted by Crippen LogP contribution is -2.49. The largest absolute Gasteiger partial charge is 0.378 e. The van der Waals surface area contributed by atoms with Gasteiger partial charge in [-0.2, -0.15) is 0 Å². The quantitative estimate of drug-likeness (QED) is 0.815. The monoisotopic (exact) mass is 322 g/mol. The summed E-state index contributed by atoms with van der Waals surface area (Å²) >= 11 is 0. The Labute approximate surface area is 136 Å². The maximum Gasteiger partial charge on any atom is 0.254 e. The molecule has 1 aromatic heterocycles. The van der Waals surface area contributed by atoms with E-state index in [4.69, 9.17) is 9.47 Å². The molecule has 0 N–H and O–H groups in total. The van der Waals surface area contributed by atoms with Crippen molar-refractivity contribution in [3.8, 4) is 0 Å². The molecular formula is C16H26N4O3. The molecule has 0 saturated carbocycles. The van der Waals surface area contributed by atoms with Crippen molar-refractivity contribution in [2.75, 3.05) is 26.8 Å². The highest BCUT2D eigenvalue weighted by Crippen LogP contribution is 2.29. The molecule has 0 radical (unpaired) electrons. The van der Waals surface area contributed by atoms with Crippen molar-refractivity contribution in [3.05, 3.63) is 11.9 Å². The third kappa shape index (κ3) is 3.72. The average Bonchev–Trinajstić information content (AvgIpc) is 3.18. The first-order valence-corrected chi connectivity index (χ1v) is 8.42. The predicted octanol–water partition coefficient (Wildman–Crippen LogP) is 1.23. The maximum absolute atomic E-state index is 12.6. The minimum absolute atomic E-state index is 0.164. The summed E-state index contributed by atoms with van der Waals surface area (Å²) in [4.78, 5) is 14.6. The molecule has 3 heterocycles. The zero-order valence-electron chi connectivity index (χ0n) is 14.0. The normalized spacial score (nSPS) is 25.9. The molecule has 1 aromatic rings. The number of ether oxygens (including phenoxy) is 2. The second kappa shape index (κ2) is 6.97. The lowest BCUT2D eigenvalue weighted by Gasteiger charge is -2.36. The van der Waals surface area contributed by atoms with Gasteiger partial charge in [0.25, 0.3) is 5.91 Å². The smallest absolute Gasteiger partial charge is 0.254 e. The number of hydrogen-bond acceptors (Lipinski definition) is 5. The van der Waals surface area contributed by atoms with Gasteiger partial charge in [0.2, 0.25) is 0 Å². The van der Waals surface area contributed by atoms with E-state index in [1.54, 1.807) is 7.11 Å². The summed E-state index contributed by atoms with van der Waals surface area (Å²) in [5.74, 6) is 0.699. The number of rotatable bonds is 5. The lowest BCUT2D eigenvalue weighted by molar-refractivity contribution is -0.152. The summed E-state index contributed by atoms with van der Waals surface area (Å²) in [5.41, 5.74) is 0.264. The second-order valence-corrected chi connectivity index (χ2v) is 6.78. The van der Waals surface area contributed by atoms with Gasteiger partial charge in [0, 0.05) is 33.4 Å². The molecule has 3 rings (SSSR count). The Hall–Kier alpha value is -1.47. The van der Waals surface area contributed by atoms with E-state index in [9.17, 15) is 4.79 Å². The maximum atomic E-state index is 12.6. The number of nitrogens with zero attached hydrogens (tertiary/aromatic N) is 4. The van der Waals surface area contributed by atoms with Crippen molar-refractivity contribution in [1.82, 2.24) is 19.9 Å². The van der Waals surface area contributed by atoms with Gasteiger partial charge >= 0.3 is 0 Å². The number of carbonyl (C=O) groups is 1. The van der Waals surface area contributed by atoms with Crippen molar-refractivity contribution >= 4 is 5.91 Å². The lowest BCUT2D eigenvalue weighted by atomic mass is 9.94. The Morgan fingerprint density at radius 3 is 2.91 bits per heavy atom. The summed E-state index contributed by atoms with van der Waals surface area (Å²) < 4.78 is 12.6. The van der Waals surface area contributed by atoms with Crippen LogP contribution in [0.1, 0.15) is 38.3 Å². The number of carbonyl (C=O) groups excluding carboxylic acids is 1. The molecule has 7 heteroatoms. The van der Waals surface area contributed by atoms with Gasteiger partial charge in [0.05, 0.1) is 12.8 Å². The van der Waals surface area contributed by atoms with E-state index in [0.717, 1.165) is 51.0 Å². The van der Waals surface area contributed by atoms with Gasteiger partial charge < -0.3 is 14.4 Å². The van der Waals surface area contributed by atoms with Gasteiger partial charge in [0.1, 0.15) is 11.3 Å². The molecular weight excluding hydrogens is 296 g/mol. The zero-order valence-corrected chi connectivity index (χ0v) is 14.0. The van der Waals surface area contributed by atoms with Crippen LogP contribution < -0.4 is 0 Å². The van der Waals surface area contributed by atoms with Crippen LogP contribution in [0.4, 0.5) is 0 Å². The van der Waals surface area contributed by atoms with Crippen LogP contribution in [0.15, 0.2) is 6.20 Å². The number of methoxy groups -OCH3 is 1. The number of piperidine rings is 1. The van der Waals surface area contributed by atoms with E-state index in [2.05, 4.69) is 10.3 Å². The Morgan fingerprint density at radius 1 is 1.48 bits per heavy atom. The molecule has 0 aliphatic carbocycles. The fraction of sp³-hybridized carbons (Fsp3) is 0.812. The standard InChI is InChI=1S/C16H26N4O3/c1-16(6-3-9-23-16)15(21)19-7-4-13(5-8-19)10-20-11-14(12-22-2)17-18-20/h11,13H,3-10,12H2,1-2H3. The van der Waals surface area contributed by atoms with Gasteiger partial charge in [-0.3, -0.25) is 9.48 Å². The van der Waals surface area contributed by atoms with Crippen LogP contribution in [-0.4, -0.2) is 58.2 Å². The van der Waals surface area contributed by atoms with E-state index in [0.29, 0.717) is 19.1 Å². The van der Waals surface area contributed by atoms with Gasteiger partial charge in [-0.1, -0.05) is 5.21 Å². The van der Waals surface area contributed by atoms with Gasteiger partial charge in [-0.25, -0.2) is 0 Å². The van der Waals surface area contributed by atoms with Crippen LogP contribution in [0, 0.1) is 5.92 Å². The first-order chi connectivity index (χ1) is 11.1. The highest BCUT2D eigenvalue weighted by molar-refractivity contribution is 5.85. The minimum Gasteiger partial charge on any atom is -0.378 e. The highest BCUT2D eigenvalue weighted by Gasteiger charge is 2.41. The minimum atomic E-state index is -0.589. The Balaban J connectivity index is 1.49. The van der Waals surface area contributed by atoms with Gasteiger partial charge in [-0.15, -0.1) is 5.10 Å². The van der Waals surface area contributed by atoms with Crippen LogP contribution in [0.2, 0.25) is 0 Å². The highest BCUT2D eigenvalue weighted by atomic mass is 16.5. The summed E-state index contributed by atoms with van der Waals surface area (Å²) in [6.07, 6.45) is 5.76. The van der Waals surface area contributed by atoms with E-state index < -0.39 is 5.60 Å². The van der Waals surface area contributed by atoms with Gasteiger partial charge in [0.15, 0.2) is 0 Å². The van der Waals surface area contributed by atoms with Crippen LogP contribution in [-0.2, 0) is 27.4 Å². The molecule has 0 aromatic carbocycles. The topological polar surface area (TPSA) is 69.5 Å². The first-order valence-electron chi connectivity index (χ1n) is 8.42. The second-order valence-electron chi connectivity index (χ2n) is 6.78. The SMILES string of the molecule is COCc1cn(CC2CCN(C(=O)C3(C)CCCO3)CC2)nn1. The van der Waals surface area contributed by atoms with E-state index in [1.165, 1.54) is 0 Å². The first kappa shape index (κ1) is 16.4. The van der Waals surface area contributed by atoms with Crippen LogP contribution in [0.3, 0.4) is 0 Å². The Morgan fingerprint density at radius 2 is 2.26 bits per heavy atom. The molecule has 23 heavy (non-hydrogen) atoms. The number of amides is 1.